The quantitative estimate of drug-likeness (QED) is 0.802. The number of anilines is 2. The minimum atomic E-state index is -0.470. The number of hydrogen-bond donors (Lipinski definition) is 0. The summed E-state index contributed by atoms with van der Waals surface area (Å²) in [5.74, 6) is -0.751. The summed E-state index contributed by atoms with van der Waals surface area (Å²) in [7, 11) is 1.99. The van der Waals surface area contributed by atoms with Crippen molar-refractivity contribution in [3.63, 3.8) is 0 Å². The summed E-state index contributed by atoms with van der Waals surface area (Å²) < 4.78 is 14.0. The molecule has 3 rings (SSSR count). The summed E-state index contributed by atoms with van der Waals surface area (Å²) >= 11 is 0. The Hall–Kier alpha value is -2.36. The van der Waals surface area contributed by atoms with Gasteiger partial charge in [-0.2, -0.15) is 0 Å². The molecule has 0 radical (unpaired) electrons. The van der Waals surface area contributed by atoms with Crippen molar-refractivity contribution in [1.29, 1.82) is 0 Å². The van der Waals surface area contributed by atoms with Crippen LogP contribution in [0.3, 0.4) is 0 Å². The number of amides is 1. The van der Waals surface area contributed by atoms with Gasteiger partial charge in [-0.25, -0.2) is 4.39 Å². The highest BCUT2D eigenvalue weighted by atomic mass is 19.1. The average molecular weight is 284 g/mol. The van der Waals surface area contributed by atoms with E-state index in [9.17, 15) is 9.18 Å². The lowest BCUT2D eigenvalue weighted by Gasteiger charge is -2.35. The lowest BCUT2D eigenvalue weighted by atomic mass is 10.1. The summed E-state index contributed by atoms with van der Waals surface area (Å²) in [4.78, 5) is 16.5. The molecule has 4 heteroatoms. The number of hydrogen-bond acceptors (Lipinski definition) is 2. The molecule has 3 nitrogen and oxygen atoms in total. The Balaban J connectivity index is 2.03. The van der Waals surface area contributed by atoms with Gasteiger partial charge in [0.15, 0.2) is 0 Å². The van der Waals surface area contributed by atoms with Crippen molar-refractivity contribution < 1.29 is 9.18 Å². The van der Waals surface area contributed by atoms with Gasteiger partial charge in [-0.05, 0) is 31.2 Å². The Labute approximate surface area is 123 Å². The molecule has 0 fully saturated rings. The molecule has 0 aromatic heterocycles. The number of fused-ring (bicyclic) bond motifs is 1. The zero-order valence-electron chi connectivity index (χ0n) is 12.1. The molecule has 0 unspecified atom stereocenters. The van der Waals surface area contributed by atoms with Gasteiger partial charge in [-0.15, -0.1) is 0 Å². The Kier molecular flexibility index (Phi) is 3.37. The zero-order chi connectivity index (χ0) is 15.0. The van der Waals surface area contributed by atoms with Gasteiger partial charge in [0.1, 0.15) is 5.82 Å². The summed E-state index contributed by atoms with van der Waals surface area (Å²) in [6.45, 7) is 3.14. The van der Waals surface area contributed by atoms with E-state index in [1.54, 1.807) is 17.0 Å². The van der Waals surface area contributed by atoms with Crippen molar-refractivity contribution in [3.8, 4) is 0 Å². The highest BCUT2D eigenvalue weighted by molar-refractivity contribution is 6.08. The van der Waals surface area contributed by atoms with Gasteiger partial charge in [0.2, 0.25) is 0 Å². The van der Waals surface area contributed by atoms with E-state index >= 15 is 0 Å². The first-order valence-electron chi connectivity index (χ1n) is 6.96. The summed E-state index contributed by atoms with van der Waals surface area (Å²) in [5.41, 5.74) is 2.83. The summed E-state index contributed by atoms with van der Waals surface area (Å²) in [6, 6.07) is 12.3. The van der Waals surface area contributed by atoms with Crippen molar-refractivity contribution in [2.24, 2.45) is 0 Å². The Morgan fingerprint density at radius 3 is 2.57 bits per heavy atom. The second kappa shape index (κ2) is 5.20. The molecule has 0 saturated heterocycles. The van der Waals surface area contributed by atoms with E-state index in [0.717, 1.165) is 23.5 Å². The van der Waals surface area contributed by atoms with Crippen LogP contribution in [-0.4, -0.2) is 26.0 Å². The maximum Gasteiger partial charge on any atom is 0.261 e. The average Bonchev–Trinajstić information content (AvgIpc) is 2.50. The van der Waals surface area contributed by atoms with Crippen molar-refractivity contribution in [3.05, 3.63) is 59.4 Å². The van der Waals surface area contributed by atoms with Crippen LogP contribution in [0.5, 0.6) is 0 Å². The fraction of sp³-hybridized carbons (Fsp3) is 0.235. The number of carbonyl (C=O) groups excluding carboxylic acids is 1. The fourth-order valence-electron chi connectivity index (χ4n) is 2.67. The number of rotatable bonds is 1. The molecule has 0 N–H and O–H groups in total. The maximum atomic E-state index is 14.0. The molecular formula is C17H17FN2O. The van der Waals surface area contributed by atoms with Gasteiger partial charge in [0.25, 0.3) is 5.91 Å². The van der Waals surface area contributed by atoms with Crippen LogP contribution < -0.4 is 9.80 Å². The number of para-hydroxylation sites is 2. The number of benzene rings is 2. The molecule has 0 aliphatic carbocycles. The predicted molar refractivity (Wildman–Crippen MR) is 82.5 cm³/mol. The normalized spacial score (nSPS) is 14.0. The second-order valence-electron chi connectivity index (χ2n) is 5.35. The van der Waals surface area contributed by atoms with E-state index in [1.807, 2.05) is 38.2 Å². The number of aryl methyl sites for hydroxylation is 1. The maximum absolute atomic E-state index is 14.0. The van der Waals surface area contributed by atoms with Gasteiger partial charge in [-0.1, -0.05) is 23.8 Å². The molecule has 1 aliphatic rings. The van der Waals surface area contributed by atoms with Gasteiger partial charge in [0, 0.05) is 20.1 Å². The molecule has 108 valence electrons. The zero-order valence-corrected chi connectivity index (χ0v) is 12.1. The number of halogens is 1. The van der Waals surface area contributed by atoms with Crippen LogP contribution in [0, 0.1) is 12.7 Å². The van der Waals surface area contributed by atoms with Gasteiger partial charge in [0.05, 0.1) is 16.9 Å². The van der Waals surface area contributed by atoms with Gasteiger partial charge >= 0.3 is 0 Å². The van der Waals surface area contributed by atoms with Crippen molar-refractivity contribution >= 4 is 17.3 Å². The summed E-state index contributed by atoms with van der Waals surface area (Å²) in [5, 5.41) is 0. The molecular weight excluding hydrogens is 267 g/mol. The fourth-order valence-corrected chi connectivity index (χ4v) is 2.67. The monoisotopic (exact) mass is 284 g/mol. The molecule has 0 atom stereocenters. The van der Waals surface area contributed by atoms with E-state index in [1.165, 1.54) is 6.07 Å². The molecule has 1 amide bonds. The summed E-state index contributed by atoms with van der Waals surface area (Å²) in [6.07, 6.45) is 0. The van der Waals surface area contributed by atoms with Gasteiger partial charge < -0.3 is 9.80 Å². The third-order valence-electron chi connectivity index (χ3n) is 3.84. The first kappa shape index (κ1) is 13.6. The van der Waals surface area contributed by atoms with Crippen LogP contribution in [0.4, 0.5) is 15.8 Å². The van der Waals surface area contributed by atoms with E-state index in [2.05, 4.69) is 4.90 Å². The third kappa shape index (κ3) is 2.37. The second-order valence-corrected chi connectivity index (χ2v) is 5.35. The molecule has 2 aromatic rings. The van der Waals surface area contributed by atoms with E-state index in [0.29, 0.717) is 6.54 Å². The van der Waals surface area contributed by atoms with Crippen LogP contribution in [0.2, 0.25) is 0 Å². The SMILES string of the molecule is Cc1ccc(F)c(C(=O)N2CCN(C)c3ccccc32)c1. The van der Waals surface area contributed by atoms with Gasteiger partial charge in [-0.3, -0.25) is 4.79 Å². The molecule has 21 heavy (non-hydrogen) atoms. The largest absolute Gasteiger partial charge is 0.371 e. The molecule has 2 aromatic carbocycles. The van der Waals surface area contributed by atoms with Crippen LogP contribution in [0.15, 0.2) is 42.5 Å². The number of carbonyl (C=O) groups is 1. The van der Waals surface area contributed by atoms with Crippen LogP contribution in [0.1, 0.15) is 15.9 Å². The third-order valence-corrected chi connectivity index (χ3v) is 3.84. The minimum Gasteiger partial charge on any atom is -0.371 e. The van der Waals surface area contributed by atoms with Crippen molar-refractivity contribution in [2.45, 2.75) is 6.92 Å². The number of likely N-dealkylation sites (N-methyl/N-ethyl adjacent to an activating group) is 1. The molecule has 0 saturated carbocycles. The molecule has 0 spiro atoms. The highest BCUT2D eigenvalue weighted by Crippen LogP contribution is 2.33. The first-order valence-corrected chi connectivity index (χ1v) is 6.96. The van der Waals surface area contributed by atoms with E-state index in [-0.39, 0.29) is 11.5 Å². The smallest absolute Gasteiger partial charge is 0.261 e. The first-order chi connectivity index (χ1) is 10.1. The molecule has 0 bridgehead atoms. The van der Waals surface area contributed by atoms with Crippen LogP contribution in [-0.2, 0) is 0 Å². The lowest BCUT2D eigenvalue weighted by Crippen LogP contribution is -2.43. The van der Waals surface area contributed by atoms with Crippen molar-refractivity contribution in [1.82, 2.24) is 0 Å². The molecule has 1 heterocycles. The van der Waals surface area contributed by atoms with Crippen LogP contribution >= 0.6 is 0 Å². The lowest BCUT2D eigenvalue weighted by molar-refractivity contribution is 0.0983. The Bertz CT molecular complexity index is 699. The topological polar surface area (TPSA) is 23.6 Å². The molecule has 1 aliphatic heterocycles. The number of nitrogens with zero attached hydrogens (tertiary/aromatic N) is 2. The predicted octanol–water partition coefficient (Wildman–Crippen LogP) is 3.23. The Morgan fingerprint density at radius 1 is 1.10 bits per heavy atom. The van der Waals surface area contributed by atoms with Crippen LogP contribution in [0.25, 0.3) is 0 Å². The Morgan fingerprint density at radius 2 is 1.81 bits per heavy atom. The van der Waals surface area contributed by atoms with Crippen molar-refractivity contribution in [2.75, 3.05) is 29.9 Å². The highest BCUT2D eigenvalue weighted by Gasteiger charge is 2.27. The van der Waals surface area contributed by atoms with E-state index in [4.69, 9.17) is 0 Å². The minimum absolute atomic E-state index is 0.134. The van der Waals surface area contributed by atoms with E-state index < -0.39 is 5.82 Å². The standard InChI is InChI=1S/C17H17FN2O/c1-12-7-8-14(18)13(11-12)17(21)20-10-9-19(2)15-5-3-4-6-16(15)20/h3-8,11H,9-10H2,1-2H3.